The quantitative estimate of drug-likeness (QED) is 0.911. The Morgan fingerprint density at radius 1 is 1.57 bits per heavy atom. The van der Waals surface area contributed by atoms with Crippen molar-refractivity contribution < 1.29 is 14.3 Å². The summed E-state index contributed by atoms with van der Waals surface area (Å²) < 4.78 is 15.0. The fourth-order valence-corrected chi connectivity index (χ4v) is 2.55. The fourth-order valence-electron chi connectivity index (χ4n) is 2.05. The number of carbonyl (C=O) groups is 1. The molecule has 0 aliphatic carbocycles. The van der Waals surface area contributed by atoms with E-state index in [1.165, 1.54) is 0 Å². The van der Waals surface area contributed by atoms with E-state index in [4.69, 9.17) is 9.47 Å². The van der Waals surface area contributed by atoms with Gasteiger partial charge in [-0.05, 0) is 27.2 Å². The number of carbonyl (C=O) groups excluding carboxylic acids is 1. The predicted octanol–water partition coefficient (Wildman–Crippen LogP) is 1.40. The van der Waals surface area contributed by atoms with E-state index in [1.54, 1.807) is 4.90 Å². The highest BCUT2D eigenvalue weighted by molar-refractivity contribution is 7.02. The number of nitrogens with one attached hydrogen (secondary N) is 1. The molecule has 1 aromatic rings. The van der Waals surface area contributed by atoms with Gasteiger partial charge in [-0.15, -0.1) is 0 Å². The van der Waals surface area contributed by atoms with Gasteiger partial charge in [-0.1, -0.05) is 0 Å². The molecule has 1 saturated heterocycles. The second kappa shape index (κ2) is 6.57. The molecule has 0 saturated carbocycles. The van der Waals surface area contributed by atoms with Gasteiger partial charge in [0.05, 0.1) is 19.3 Å². The summed E-state index contributed by atoms with van der Waals surface area (Å²) in [5, 5.41) is 0. The van der Waals surface area contributed by atoms with Crippen LogP contribution < -0.4 is 4.87 Å². The number of ether oxygens (including phenoxy) is 2. The maximum absolute atomic E-state index is 12.0. The number of amides is 1. The molecule has 21 heavy (non-hydrogen) atoms. The Labute approximate surface area is 127 Å². The van der Waals surface area contributed by atoms with Crippen molar-refractivity contribution in [2.24, 2.45) is 0 Å². The summed E-state index contributed by atoms with van der Waals surface area (Å²) in [4.78, 5) is 27.2. The molecule has 1 N–H and O–H groups in total. The van der Waals surface area contributed by atoms with E-state index >= 15 is 0 Å². The van der Waals surface area contributed by atoms with Gasteiger partial charge in [0.25, 0.3) is 0 Å². The van der Waals surface area contributed by atoms with Crippen LogP contribution in [0, 0.1) is 0 Å². The molecule has 118 valence electrons. The zero-order chi connectivity index (χ0) is 15.5. The molecule has 1 aliphatic rings. The van der Waals surface area contributed by atoms with E-state index in [0.717, 1.165) is 11.5 Å². The van der Waals surface area contributed by atoms with Gasteiger partial charge >= 0.3 is 11.0 Å². The maximum atomic E-state index is 12.0. The smallest absolute Gasteiger partial charge is 0.410 e. The Hall–Kier alpha value is -1.41. The Morgan fingerprint density at radius 3 is 2.95 bits per heavy atom. The summed E-state index contributed by atoms with van der Waals surface area (Å²) in [7, 11) is 0. The van der Waals surface area contributed by atoms with E-state index in [1.807, 2.05) is 20.8 Å². The Kier molecular flexibility index (Phi) is 5.00. The lowest BCUT2D eigenvalue weighted by molar-refractivity contribution is -0.0444. The molecule has 0 bridgehead atoms. The Morgan fingerprint density at radius 2 is 2.33 bits per heavy atom. The van der Waals surface area contributed by atoms with Crippen LogP contribution in [0.3, 0.4) is 0 Å². The SMILES string of the molecule is CC(C)(C)OC(=O)N1CCO[C@H](CCc2nsc(=O)[nH]2)C1. The molecule has 2 rings (SSSR count). The Bertz CT molecular complexity index is 534. The van der Waals surface area contributed by atoms with E-state index in [0.29, 0.717) is 38.4 Å². The normalized spacial score (nSPS) is 19.6. The highest BCUT2D eigenvalue weighted by Gasteiger charge is 2.28. The molecule has 1 aromatic heterocycles. The summed E-state index contributed by atoms with van der Waals surface area (Å²) >= 11 is 0.916. The van der Waals surface area contributed by atoms with Gasteiger partial charge in [-0.2, -0.15) is 4.37 Å². The van der Waals surface area contributed by atoms with Crippen molar-refractivity contribution in [1.82, 2.24) is 14.3 Å². The lowest BCUT2D eigenvalue weighted by Crippen LogP contribution is -2.47. The van der Waals surface area contributed by atoms with Crippen LogP contribution in [-0.4, -0.2) is 51.8 Å². The van der Waals surface area contributed by atoms with Crippen LogP contribution in [0.5, 0.6) is 0 Å². The van der Waals surface area contributed by atoms with Crippen LogP contribution in [0.15, 0.2) is 4.79 Å². The van der Waals surface area contributed by atoms with Crippen molar-refractivity contribution in [1.29, 1.82) is 0 Å². The molecule has 0 radical (unpaired) electrons. The number of hydrogen-bond acceptors (Lipinski definition) is 6. The number of H-pyrrole nitrogens is 1. The van der Waals surface area contributed by atoms with Crippen LogP contribution >= 0.6 is 11.5 Å². The highest BCUT2D eigenvalue weighted by Crippen LogP contribution is 2.15. The molecule has 1 amide bonds. The average molecular weight is 315 g/mol. The summed E-state index contributed by atoms with van der Waals surface area (Å²) in [6, 6.07) is 0. The maximum Gasteiger partial charge on any atom is 0.410 e. The zero-order valence-electron chi connectivity index (χ0n) is 12.5. The fraction of sp³-hybridized carbons (Fsp3) is 0.769. The Balaban J connectivity index is 1.83. The van der Waals surface area contributed by atoms with Gasteiger partial charge < -0.3 is 14.4 Å². The van der Waals surface area contributed by atoms with Gasteiger partial charge in [0.2, 0.25) is 0 Å². The predicted molar refractivity (Wildman–Crippen MR) is 78.6 cm³/mol. The van der Waals surface area contributed by atoms with Gasteiger partial charge in [-0.3, -0.25) is 9.78 Å². The summed E-state index contributed by atoms with van der Waals surface area (Å²) in [6.07, 6.45) is 0.971. The molecule has 0 aromatic carbocycles. The van der Waals surface area contributed by atoms with Crippen molar-refractivity contribution in [3.8, 4) is 0 Å². The molecule has 0 unspecified atom stereocenters. The minimum Gasteiger partial charge on any atom is -0.444 e. The molecule has 7 nitrogen and oxygen atoms in total. The molecule has 1 fully saturated rings. The second-order valence-electron chi connectivity index (χ2n) is 6.00. The first-order valence-electron chi connectivity index (χ1n) is 6.98. The second-order valence-corrected chi connectivity index (χ2v) is 6.74. The number of nitrogens with zero attached hydrogens (tertiary/aromatic N) is 2. The molecule has 0 spiro atoms. The lowest BCUT2D eigenvalue weighted by Gasteiger charge is -2.34. The molecular weight excluding hydrogens is 294 g/mol. The van der Waals surface area contributed by atoms with Crippen molar-refractivity contribution in [2.45, 2.75) is 45.3 Å². The van der Waals surface area contributed by atoms with Gasteiger partial charge in [-0.25, -0.2) is 4.79 Å². The number of aromatic nitrogens is 2. The number of hydrogen-bond donors (Lipinski definition) is 1. The van der Waals surface area contributed by atoms with E-state index < -0.39 is 5.60 Å². The third-order valence-corrected chi connectivity index (χ3v) is 3.56. The number of aromatic amines is 1. The van der Waals surface area contributed by atoms with Crippen molar-refractivity contribution in [2.75, 3.05) is 19.7 Å². The topological polar surface area (TPSA) is 84.5 Å². The van der Waals surface area contributed by atoms with Crippen LogP contribution in [-0.2, 0) is 15.9 Å². The van der Waals surface area contributed by atoms with E-state index in [9.17, 15) is 9.59 Å². The minimum atomic E-state index is -0.495. The molecule has 8 heteroatoms. The van der Waals surface area contributed by atoms with Crippen molar-refractivity contribution in [3.63, 3.8) is 0 Å². The average Bonchev–Trinajstić information content (AvgIpc) is 2.81. The largest absolute Gasteiger partial charge is 0.444 e. The molecule has 2 heterocycles. The summed E-state index contributed by atoms with van der Waals surface area (Å²) in [6.45, 7) is 7.09. The minimum absolute atomic E-state index is 0.0588. The van der Waals surface area contributed by atoms with Crippen molar-refractivity contribution in [3.05, 3.63) is 15.5 Å². The number of aryl methyl sites for hydroxylation is 1. The zero-order valence-corrected chi connectivity index (χ0v) is 13.4. The third-order valence-electron chi connectivity index (χ3n) is 2.98. The van der Waals surface area contributed by atoms with Gasteiger partial charge in [0.15, 0.2) is 0 Å². The van der Waals surface area contributed by atoms with Crippen molar-refractivity contribution >= 4 is 17.6 Å². The molecule has 1 aliphatic heterocycles. The van der Waals surface area contributed by atoms with E-state index in [2.05, 4.69) is 9.36 Å². The van der Waals surface area contributed by atoms with Crippen LogP contribution in [0.2, 0.25) is 0 Å². The third kappa shape index (κ3) is 5.13. The molecule has 1 atom stereocenters. The summed E-state index contributed by atoms with van der Waals surface area (Å²) in [5.74, 6) is 0.669. The van der Waals surface area contributed by atoms with Crippen LogP contribution in [0.1, 0.15) is 33.0 Å². The standard InChI is InChI=1S/C13H21N3O4S/c1-13(2,3)20-12(18)16-6-7-19-9(8-16)4-5-10-14-11(17)21-15-10/h9H,4-8H2,1-3H3,(H,14,15,17)/t9-/m1/s1. The number of rotatable bonds is 3. The molecular formula is C13H21N3O4S. The highest BCUT2D eigenvalue weighted by atomic mass is 32.1. The summed E-state index contributed by atoms with van der Waals surface area (Å²) in [5.41, 5.74) is -0.495. The van der Waals surface area contributed by atoms with Gasteiger partial charge in [0, 0.05) is 24.5 Å². The van der Waals surface area contributed by atoms with Gasteiger partial charge in [0.1, 0.15) is 11.4 Å². The first-order valence-corrected chi connectivity index (χ1v) is 7.75. The monoisotopic (exact) mass is 315 g/mol. The first kappa shape index (κ1) is 16.0. The first-order chi connectivity index (χ1) is 9.83. The lowest BCUT2D eigenvalue weighted by atomic mass is 10.1. The van der Waals surface area contributed by atoms with E-state index in [-0.39, 0.29) is 17.1 Å². The van der Waals surface area contributed by atoms with Crippen LogP contribution in [0.25, 0.3) is 0 Å². The number of morpholine rings is 1. The van der Waals surface area contributed by atoms with Crippen LogP contribution in [0.4, 0.5) is 4.79 Å².